The molecule has 12 unspecified atom stereocenters. The summed E-state index contributed by atoms with van der Waals surface area (Å²) >= 11 is 5.50. The molecule has 13 nitrogen and oxygen atoms in total. The maximum absolute atomic E-state index is 12.6. The van der Waals surface area contributed by atoms with Crippen molar-refractivity contribution < 1.29 is 61.3 Å². The zero-order valence-electron chi connectivity index (χ0n) is 41.2. The van der Waals surface area contributed by atoms with Crippen molar-refractivity contribution in [2.45, 2.75) is 144 Å². The first-order chi connectivity index (χ1) is 33.1. The van der Waals surface area contributed by atoms with Crippen molar-refractivity contribution in [2.24, 2.45) is 0 Å². The Morgan fingerprint density at radius 2 is 1.12 bits per heavy atom. The van der Waals surface area contributed by atoms with Gasteiger partial charge in [-0.1, -0.05) is 6.07 Å². The summed E-state index contributed by atoms with van der Waals surface area (Å²) in [7, 11) is 0.703. The molecule has 0 spiro atoms. The van der Waals surface area contributed by atoms with Crippen molar-refractivity contribution >= 4 is 45.3 Å². The van der Waals surface area contributed by atoms with Gasteiger partial charge in [-0.3, -0.25) is 0 Å². The van der Waals surface area contributed by atoms with Gasteiger partial charge in [0.05, 0.1) is 0 Å². The fourth-order valence-electron chi connectivity index (χ4n) is 8.23. The summed E-state index contributed by atoms with van der Waals surface area (Å²) in [5.41, 5.74) is 2.91. The van der Waals surface area contributed by atoms with E-state index < -0.39 is 101 Å². The van der Waals surface area contributed by atoms with Crippen LogP contribution in [0.4, 0.5) is 0 Å². The van der Waals surface area contributed by atoms with Gasteiger partial charge in [0.25, 0.3) is 0 Å². The van der Waals surface area contributed by atoms with E-state index in [0.717, 1.165) is 21.2 Å². The first-order valence-electron chi connectivity index (χ1n) is 23.5. The normalized spacial score (nSPS) is 30.6. The molecule has 12 atom stereocenters. The van der Waals surface area contributed by atoms with Gasteiger partial charge in [-0.2, -0.15) is 0 Å². The molecular weight excluding hydrogens is 987 g/mol. The van der Waals surface area contributed by atoms with Crippen LogP contribution in [0, 0.1) is 0 Å². The third-order valence-electron chi connectivity index (χ3n) is 13.6. The van der Waals surface area contributed by atoms with Crippen LogP contribution in [0.25, 0.3) is 0 Å². The van der Waals surface area contributed by atoms with E-state index in [1.807, 2.05) is 121 Å². The van der Waals surface area contributed by atoms with Crippen LogP contribution in [0.2, 0.25) is 18.1 Å². The number of fused-ring (bicyclic) bond motifs is 1. The minimum atomic E-state index is -2.35. The predicted molar refractivity (Wildman–Crippen MR) is 264 cm³/mol. The summed E-state index contributed by atoms with van der Waals surface area (Å²) in [4.78, 5) is 12.6. The van der Waals surface area contributed by atoms with E-state index in [2.05, 4.69) is 33.9 Å². The van der Waals surface area contributed by atoms with Gasteiger partial charge in [-0.25, -0.2) is 0 Å². The average Bonchev–Trinajstić information content (AvgIpc) is 3.35. The molecule has 4 aromatic rings. The molecule has 0 amide bonds. The van der Waals surface area contributed by atoms with Gasteiger partial charge in [0.15, 0.2) is 0 Å². The molecule has 4 aromatic carbocycles. The molecule has 3 heterocycles. The predicted octanol–water partition coefficient (Wildman–Crippen LogP) is 7.92. The molecule has 16 heteroatoms. The molecule has 3 aliphatic rings. The fraction of sp³-hybridized carbons (Fsp3) is 0.528. The number of hydrogen-bond donors (Lipinski definition) is 0. The second-order valence-corrected chi connectivity index (χ2v) is 26.8. The molecule has 3 saturated heterocycles. The van der Waals surface area contributed by atoms with E-state index in [9.17, 15) is 4.79 Å². The zero-order valence-corrected chi connectivity index (χ0v) is 44.6. The van der Waals surface area contributed by atoms with Crippen LogP contribution in [0.1, 0.15) is 51.3 Å². The second-order valence-electron chi connectivity index (χ2n) is 19.3. The molecule has 7 rings (SSSR count). The summed E-state index contributed by atoms with van der Waals surface area (Å²) in [5.74, 6) is -3.81. The first-order valence-corrected chi connectivity index (χ1v) is 28.8. The van der Waals surface area contributed by atoms with E-state index in [0.29, 0.717) is 0 Å². The Morgan fingerprint density at radius 1 is 0.638 bits per heavy atom. The monoisotopic (exact) mass is 1060 g/mol. The van der Waals surface area contributed by atoms with Gasteiger partial charge in [0.1, 0.15) is 0 Å². The zero-order chi connectivity index (χ0) is 49.2. The molecule has 3 aliphatic heterocycles. The van der Waals surface area contributed by atoms with Gasteiger partial charge in [0, 0.05) is 0 Å². The van der Waals surface area contributed by atoms with Crippen molar-refractivity contribution in [3.63, 3.8) is 0 Å². The van der Waals surface area contributed by atoms with Crippen LogP contribution in [0.5, 0.6) is 0 Å². The van der Waals surface area contributed by atoms with Gasteiger partial charge < -0.3 is 0 Å². The minimum absolute atomic E-state index is 0.0959. The van der Waals surface area contributed by atoms with E-state index in [1.165, 1.54) is 14.2 Å². The molecule has 0 aromatic heterocycles. The number of alkyl halides is 1. The van der Waals surface area contributed by atoms with Crippen molar-refractivity contribution in [3.05, 3.63) is 138 Å². The molecule has 0 aliphatic carbocycles. The van der Waals surface area contributed by atoms with Gasteiger partial charge in [-0.05, 0) is 0 Å². The molecule has 0 radical (unpaired) electrons. The molecule has 3 fully saturated rings. The van der Waals surface area contributed by atoms with E-state index in [1.54, 1.807) is 13.8 Å². The van der Waals surface area contributed by atoms with Crippen LogP contribution in [0.15, 0.2) is 121 Å². The number of ether oxygens (including phenoxy) is 11. The number of esters is 1. The van der Waals surface area contributed by atoms with Crippen LogP contribution in [0.3, 0.4) is 0 Å². The number of halogens is 1. The molecule has 376 valence electrons. The Labute approximate surface area is 420 Å². The molecule has 0 saturated carbocycles. The third kappa shape index (κ3) is 13.3. The van der Waals surface area contributed by atoms with Gasteiger partial charge in [0.2, 0.25) is 0 Å². The number of carbonyl (C=O) groups excluding carboxylic acids is 1. The van der Waals surface area contributed by atoms with Crippen molar-refractivity contribution in [1.29, 1.82) is 0 Å². The fourth-order valence-corrected chi connectivity index (χ4v) is 11.7. The van der Waals surface area contributed by atoms with E-state index in [4.69, 9.17) is 68.1 Å². The third-order valence-corrected chi connectivity index (χ3v) is 20.7. The van der Waals surface area contributed by atoms with Crippen molar-refractivity contribution in [3.8, 4) is 0 Å². The van der Waals surface area contributed by atoms with Crippen LogP contribution >= 0.6 is 11.6 Å². The Hall–Kier alpha value is -3.06. The van der Waals surface area contributed by atoms with Crippen molar-refractivity contribution in [2.75, 3.05) is 33.3 Å². The van der Waals surface area contributed by atoms with Crippen LogP contribution < -0.4 is 4.46 Å². The van der Waals surface area contributed by atoms with Gasteiger partial charge >= 0.3 is 416 Å². The molecule has 69 heavy (non-hydrogen) atoms. The molecule has 0 N–H and O–H groups in total. The Kier molecular flexibility index (Phi) is 18.8. The Morgan fingerprint density at radius 3 is 1.61 bits per heavy atom. The van der Waals surface area contributed by atoms with Crippen LogP contribution in [-0.2, 0) is 81.1 Å². The first kappa shape index (κ1) is 53.7. The van der Waals surface area contributed by atoms with Crippen LogP contribution in [-0.4, -0.2) is 134 Å². The number of carbonyl (C=O) groups is 1. The Bertz CT molecular complexity index is 2180. The molecular formula is C53H69ClO13SeSi. The van der Waals surface area contributed by atoms with E-state index >= 15 is 0 Å². The molecule has 0 bridgehead atoms. The average molecular weight is 1060 g/mol. The number of rotatable bonds is 21. The SMILES string of the molecule is COC1(C)OC2C(COC(=O)CCl)OC([Se]c3ccccc3)C(OC3OC(CO[Si](C)(C)C(C)(C)C)C(OCc4ccccc4)C(OCc4ccccc4)C3OCc3ccccc3)C2OC1(C)OC. The number of hydrogen-bond acceptors (Lipinski definition) is 13. The summed E-state index contributed by atoms with van der Waals surface area (Å²) in [6.07, 6.45) is -7.64. The summed E-state index contributed by atoms with van der Waals surface area (Å²) in [5, 5.41) is -0.755. The van der Waals surface area contributed by atoms with Gasteiger partial charge in [-0.15, -0.1) is 0 Å². The topological polar surface area (TPSA) is 128 Å². The number of methoxy groups -OCH3 is 2. The summed E-state index contributed by atoms with van der Waals surface area (Å²) < 4.78 is 82.6. The quantitative estimate of drug-likeness (QED) is 0.0456. The summed E-state index contributed by atoms with van der Waals surface area (Å²) in [6, 6.07) is 40.0. The maximum atomic E-state index is 12.6. The standard InChI is InChI=1S/C53H69ClO13SeSi/c1-51(2,3)69(8,9)62-35-41-43(59-31-36-22-14-10-15-23-36)45(60-32-37-24-16-11-17-25-37)47(61-33-38-26-18-12-19-27-38)49(63-41)65-48-46-44(66-52(4,56-6)53(5,57-7)67-46)40(34-58-42(55)30-54)64-50(48)68-39-28-20-13-21-29-39/h10-29,40-41,43-50H,30-35H2,1-9H3. The van der Waals surface area contributed by atoms with E-state index in [-0.39, 0.29) is 44.0 Å². The second kappa shape index (κ2) is 24.1. The van der Waals surface area contributed by atoms with Crippen molar-refractivity contribution in [1.82, 2.24) is 0 Å². The number of benzene rings is 4. The Balaban J connectivity index is 1.34. The summed E-state index contributed by atoms with van der Waals surface area (Å²) in [6.45, 7) is 15.3.